The van der Waals surface area contributed by atoms with Crippen molar-refractivity contribution in [1.29, 1.82) is 0 Å². The largest absolute Gasteiger partial charge is 0.324 e. The zero-order valence-electron chi connectivity index (χ0n) is 9.36. The third kappa shape index (κ3) is 5.04. The number of aromatic nitrogens is 1. The molecule has 1 aromatic rings. The average molecular weight is 225 g/mol. The molecule has 0 saturated carbocycles. The highest BCUT2D eigenvalue weighted by Crippen LogP contribution is 2.15. The number of pyridine rings is 1. The van der Waals surface area contributed by atoms with E-state index in [4.69, 9.17) is 5.84 Å². The lowest BCUT2D eigenvalue weighted by Crippen LogP contribution is -2.07. The second kappa shape index (κ2) is 6.69. The van der Waals surface area contributed by atoms with Crippen molar-refractivity contribution in [2.75, 3.05) is 11.2 Å². The third-order valence-electron chi connectivity index (χ3n) is 2.07. The van der Waals surface area contributed by atoms with Gasteiger partial charge in [0, 0.05) is 11.9 Å². The maximum atomic E-state index is 5.33. The molecule has 1 rings (SSSR count). The fourth-order valence-electron chi connectivity index (χ4n) is 1.14. The number of hydrazine groups is 1. The smallest absolute Gasteiger partial charge is 0.0523 e. The zero-order chi connectivity index (χ0) is 11.1. The van der Waals surface area contributed by atoms with Gasteiger partial charge in [-0.05, 0) is 30.2 Å². The average Bonchev–Trinajstić information content (AvgIpc) is 2.24. The maximum Gasteiger partial charge on any atom is 0.0523 e. The van der Waals surface area contributed by atoms with Gasteiger partial charge in [-0.1, -0.05) is 13.8 Å². The monoisotopic (exact) mass is 225 g/mol. The first-order valence-corrected chi connectivity index (χ1v) is 6.37. The summed E-state index contributed by atoms with van der Waals surface area (Å²) in [7, 11) is 0. The van der Waals surface area contributed by atoms with E-state index in [0.717, 1.165) is 23.1 Å². The molecule has 84 valence electrons. The normalized spacial score (nSPS) is 10.7. The predicted octanol–water partition coefficient (Wildman–Crippen LogP) is 2.65. The van der Waals surface area contributed by atoms with Crippen molar-refractivity contribution >= 4 is 17.4 Å². The summed E-state index contributed by atoms with van der Waals surface area (Å²) in [6.45, 7) is 4.50. The van der Waals surface area contributed by atoms with Crippen LogP contribution in [0.2, 0.25) is 0 Å². The van der Waals surface area contributed by atoms with E-state index in [2.05, 4.69) is 24.3 Å². The Morgan fingerprint density at radius 3 is 3.00 bits per heavy atom. The number of thioether (sulfide) groups is 1. The van der Waals surface area contributed by atoms with Gasteiger partial charge in [-0.3, -0.25) is 10.8 Å². The second-order valence-electron chi connectivity index (χ2n) is 3.92. The quantitative estimate of drug-likeness (QED) is 0.444. The Hall–Kier alpha value is -0.740. The van der Waals surface area contributed by atoms with E-state index in [1.54, 1.807) is 6.20 Å². The number of nitrogen functional groups attached to an aromatic ring is 1. The highest BCUT2D eigenvalue weighted by molar-refractivity contribution is 7.98. The zero-order valence-corrected chi connectivity index (χ0v) is 10.2. The van der Waals surface area contributed by atoms with Crippen molar-refractivity contribution in [2.45, 2.75) is 26.0 Å². The molecular weight excluding hydrogens is 206 g/mol. The highest BCUT2D eigenvalue weighted by Gasteiger charge is 1.98. The molecule has 0 aliphatic carbocycles. The summed E-state index contributed by atoms with van der Waals surface area (Å²) in [5.41, 5.74) is 4.63. The van der Waals surface area contributed by atoms with Gasteiger partial charge in [-0.2, -0.15) is 11.8 Å². The summed E-state index contributed by atoms with van der Waals surface area (Å²) in [5, 5.41) is 0. The Morgan fingerprint density at radius 2 is 2.33 bits per heavy atom. The van der Waals surface area contributed by atoms with E-state index in [1.807, 2.05) is 23.9 Å². The Bertz CT molecular complexity index is 289. The van der Waals surface area contributed by atoms with E-state index in [9.17, 15) is 0 Å². The van der Waals surface area contributed by atoms with E-state index in [1.165, 1.54) is 12.2 Å². The number of anilines is 1. The van der Waals surface area contributed by atoms with E-state index in [-0.39, 0.29) is 0 Å². The molecule has 0 radical (unpaired) electrons. The van der Waals surface area contributed by atoms with Gasteiger partial charge in [0.25, 0.3) is 0 Å². The molecule has 0 unspecified atom stereocenters. The minimum Gasteiger partial charge on any atom is -0.324 e. The Morgan fingerprint density at radius 1 is 1.53 bits per heavy atom. The summed E-state index contributed by atoms with van der Waals surface area (Å²) in [5.74, 6) is 8.26. The van der Waals surface area contributed by atoms with Gasteiger partial charge in [0.15, 0.2) is 0 Å². The van der Waals surface area contributed by atoms with Gasteiger partial charge < -0.3 is 5.43 Å². The second-order valence-corrected chi connectivity index (χ2v) is 5.02. The molecule has 1 aromatic heterocycles. The van der Waals surface area contributed by atoms with E-state index in [0.29, 0.717) is 0 Å². The standard InChI is InChI=1S/C11H19N3S/c1-9(2)4-6-15-8-11-7-10(14-12)3-5-13-11/h3,5,7,9H,4,6,8,12H2,1-2H3,(H,13,14). The van der Waals surface area contributed by atoms with Crippen molar-refractivity contribution in [1.82, 2.24) is 4.98 Å². The molecule has 0 aromatic carbocycles. The van der Waals surface area contributed by atoms with Crippen LogP contribution < -0.4 is 11.3 Å². The fraction of sp³-hybridized carbons (Fsp3) is 0.545. The van der Waals surface area contributed by atoms with Crippen LogP contribution >= 0.6 is 11.8 Å². The number of hydrogen-bond acceptors (Lipinski definition) is 4. The van der Waals surface area contributed by atoms with Gasteiger partial charge in [0.05, 0.1) is 11.4 Å². The fourth-order valence-corrected chi connectivity index (χ4v) is 2.29. The number of hydrogen-bond donors (Lipinski definition) is 2. The van der Waals surface area contributed by atoms with E-state index >= 15 is 0 Å². The molecule has 0 aliphatic rings. The molecule has 0 fully saturated rings. The van der Waals surface area contributed by atoms with Crippen molar-refractivity contribution in [3.63, 3.8) is 0 Å². The molecule has 3 nitrogen and oxygen atoms in total. The van der Waals surface area contributed by atoms with Gasteiger partial charge in [-0.25, -0.2) is 0 Å². The molecule has 15 heavy (non-hydrogen) atoms. The van der Waals surface area contributed by atoms with Crippen molar-refractivity contribution in [2.24, 2.45) is 11.8 Å². The molecule has 0 saturated heterocycles. The van der Waals surface area contributed by atoms with Gasteiger partial charge in [0.1, 0.15) is 0 Å². The molecule has 0 atom stereocenters. The van der Waals surface area contributed by atoms with Crippen molar-refractivity contribution in [3.05, 3.63) is 24.0 Å². The molecular formula is C11H19N3S. The van der Waals surface area contributed by atoms with Crippen LogP contribution in [0.15, 0.2) is 18.3 Å². The molecule has 0 amide bonds. The first kappa shape index (κ1) is 12.3. The van der Waals surface area contributed by atoms with Crippen LogP contribution in [-0.2, 0) is 5.75 Å². The number of rotatable bonds is 6. The highest BCUT2D eigenvalue weighted by atomic mass is 32.2. The molecule has 0 spiro atoms. The van der Waals surface area contributed by atoms with Crippen LogP contribution in [0.5, 0.6) is 0 Å². The predicted molar refractivity (Wildman–Crippen MR) is 67.7 cm³/mol. The van der Waals surface area contributed by atoms with E-state index < -0.39 is 0 Å². The maximum absolute atomic E-state index is 5.33. The van der Waals surface area contributed by atoms with Crippen molar-refractivity contribution in [3.8, 4) is 0 Å². The van der Waals surface area contributed by atoms with Crippen LogP contribution in [0, 0.1) is 5.92 Å². The summed E-state index contributed by atoms with van der Waals surface area (Å²) in [6, 6.07) is 3.85. The molecule has 0 bridgehead atoms. The summed E-state index contributed by atoms with van der Waals surface area (Å²) >= 11 is 1.92. The van der Waals surface area contributed by atoms with Crippen LogP contribution in [0.1, 0.15) is 26.0 Å². The Balaban J connectivity index is 2.30. The summed E-state index contributed by atoms with van der Waals surface area (Å²) in [6.07, 6.45) is 3.05. The molecule has 1 heterocycles. The minimum absolute atomic E-state index is 0.780. The van der Waals surface area contributed by atoms with Gasteiger partial charge in [-0.15, -0.1) is 0 Å². The van der Waals surface area contributed by atoms with Gasteiger partial charge in [0.2, 0.25) is 0 Å². The lowest BCUT2D eigenvalue weighted by atomic mass is 10.2. The lowest BCUT2D eigenvalue weighted by Gasteiger charge is -2.05. The van der Waals surface area contributed by atoms with Gasteiger partial charge >= 0.3 is 0 Å². The third-order valence-corrected chi connectivity index (χ3v) is 3.10. The Labute approximate surface area is 95.8 Å². The minimum atomic E-state index is 0.780. The topological polar surface area (TPSA) is 50.9 Å². The molecule has 4 heteroatoms. The van der Waals surface area contributed by atoms with Crippen LogP contribution in [0.3, 0.4) is 0 Å². The molecule has 0 aliphatic heterocycles. The lowest BCUT2D eigenvalue weighted by molar-refractivity contribution is 0.632. The number of nitrogens with one attached hydrogen (secondary N) is 1. The summed E-state index contributed by atoms with van der Waals surface area (Å²) < 4.78 is 0. The van der Waals surface area contributed by atoms with Crippen LogP contribution in [0.4, 0.5) is 5.69 Å². The first-order chi connectivity index (χ1) is 7.22. The number of nitrogens with two attached hydrogens (primary N) is 1. The Kier molecular flexibility index (Phi) is 5.50. The SMILES string of the molecule is CC(C)CCSCc1cc(NN)ccn1. The summed E-state index contributed by atoms with van der Waals surface area (Å²) in [4.78, 5) is 4.29. The number of nitrogens with zero attached hydrogens (tertiary/aromatic N) is 1. The molecule has 3 N–H and O–H groups in total. The van der Waals surface area contributed by atoms with Crippen LogP contribution in [-0.4, -0.2) is 10.7 Å². The van der Waals surface area contributed by atoms with Crippen molar-refractivity contribution < 1.29 is 0 Å². The van der Waals surface area contributed by atoms with Crippen LogP contribution in [0.25, 0.3) is 0 Å². The first-order valence-electron chi connectivity index (χ1n) is 5.21.